The second kappa shape index (κ2) is 10.1. The smallest absolute Gasteiger partial charge is 0.408 e. The van der Waals surface area contributed by atoms with Gasteiger partial charge in [0, 0.05) is 35.9 Å². The van der Waals surface area contributed by atoms with Crippen LogP contribution in [0.25, 0.3) is 0 Å². The Morgan fingerprint density at radius 2 is 1.92 bits per heavy atom. The van der Waals surface area contributed by atoms with Crippen molar-refractivity contribution in [1.29, 1.82) is 0 Å². The standard InChI is InChI=1S/C29H37F2N3O4/c1-28(2,3)34(27(36)37)25(11-18-9-20(30)13-21(31)10-18)26(35)15-32-29(7-8-29)19-5-4-6-22(12-19)33-16-24-14-23(33)17-38-24/h4-6,9-10,12-13,23-26,32,35H,7-8,11,14-17H2,1-3H3,(H,36,37). The van der Waals surface area contributed by atoms with E-state index in [9.17, 15) is 23.8 Å². The van der Waals surface area contributed by atoms with Gasteiger partial charge in [0.25, 0.3) is 0 Å². The molecule has 1 saturated carbocycles. The molecular formula is C29H37F2N3O4. The van der Waals surface area contributed by atoms with E-state index >= 15 is 0 Å². The molecule has 2 aliphatic heterocycles. The third-order valence-electron chi connectivity index (χ3n) is 8.10. The maximum atomic E-state index is 13.9. The van der Waals surface area contributed by atoms with Gasteiger partial charge in [-0.25, -0.2) is 13.6 Å². The fourth-order valence-electron chi connectivity index (χ4n) is 6.12. The molecule has 3 fully saturated rings. The number of halogens is 2. The Bertz CT molecular complexity index is 1160. The Balaban J connectivity index is 1.34. The van der Waals surface area contributed by atoms with Gasteiger partial charge in [0.2, 0.25) is 0 Å². The van der Waals surface area contributed by atoms with E-state index in [0.717, 1.165) is 44.0 Å². The summed E-state index contributed by atoms with van der Waals surface area (Å²) in [5.74, 6) is -1.47. The van der Waals surface area contributed by atoms with Crippen LogP contribution in [-0.4, -0.2) is 70.7 Å². The summed E-state index contributed by atoms with van der Waals surface area (Å²) in [6, 6.07) is 11.1. The molecule has 0 spiro atoms. The summed E-state index contributed by atoms with van der Waals surface area (Å²) in [7, 11) is 0. The molecule has 0 aromatic heterocycles. The molecule has 3 aliphatic rings. The minimum atomic E-state index is -1.20. The first kappa shape index (κ1) is 26.8. The van der Waals surface area contributed by atoms with Gasteiger partial charge in [0.05, 0.1) is 30.9 Å². The molecule has 4 atom stereocenters. The quantitative estimate of drug-likeness (QED) is 0.450. The van der Waals surface area contributed by atoms with Gasteiger partial charge in [0.1, 0.15) is 11.6 Å². The molecule has 3 N–H and O–H groups in total. The number of aliphatic hydroxyl groups excluding tert-OH is 1. The number of morpholine rings is 1. The number of nitrogens with zero attached hydrogens (tertiary/aromatic N) is 2. The van der Waals surface area contributed by atoms with Crippen LogP contribution in [0.2, 0.25) is 0 Å². The number of hydrogen-bond donors (Lipinski definition) is 3. The summed E-state index contributed by atoms with van der Waals surface area (Å²) < 4.78 is 33.6. The lowest BCUT2D eigenvalue weighted by atomic mass is 9.94. The maximum Gasteiger partial charge on any atom is 0.408 e. The van der Waals surface area contributed by atoms with E-state index in [-0.39, 0.29) is 18.5 Å². The second-order valence-electron chi connectivity index (χ2n) is 12.0. The molecule has 1 aliphatic carbocycles. The van der Waals surface area contributed by atoms with E-state index in [1.807, 2.05) is 0 Å². The number of ether oxygens (including phenoxy) is 1. The zero-order valence-corrected chi connectivity index (χ0v) is 22.2. The Labute approximate surface area is 222 Å². The van der Waals surface area contributed by atoms with Gasteiger partial charge in [-0.15, -0.1) is 0 Å². The lowest BCUT2D eigenvalue weighted by Gasteiger charge is -2.42. The number of fused-ring (bicyclic) bond motifs is 2. The normalized spacial score (nSPS) is 23.4. The molecule has 0 radical (unpaired) electrons. The number of amides is 1. The van der Waals surface area contributed by atoms with Gasteiger partial charge in [-0.2, -0.15) is 0 Å². The lowest BCUT2D eigenvalue weighted by molar-refractivity contribution is 0.00644. The highest BCUT2D eigenvalue weighted by Gasteiger charge is 2.46. The molecule has 2 bridgehead atoms. The number of carbonyl (C=O) groups is 1. The van der Waals surface area contributed by atoms with Gasteiger partial charge in [0.15, 0.2) is 0 Å². The predicted molar refractivity (Wildman–Crippen MR) is 140 cm³/mol. The van der Waals surface area contributed by atoms with Gasteiger partial charge in [-0.3, -0.25) is 4.90 Å². The average Bonchev–Trinajstić information content (AvgIpc) is 3.32. The first-order valence-corrected chi connectivity index (χ1v) is 13.3. The maximum absolute atomic E-state index is 13.9. The number of rotatable bonds is 9. The van der Waals surface area contributed by atoms with Crippen molar-refractivity contribution in [3.63, 3.8) is 0 Å². The molecule has 206 valence electrons. The van der Waals surface area contributed by atoms with Crippen LogP contribution in [0.3, 0.4) is 0 Å². The summed E-state index contributed by atoms with van der Waals surface area (Å²) in [4.78, 5) is 15.9. The summed E-state index contributed by atoms with van der Waals surface area (Å²) in [5.41, 5.74) is 1.47. The molecule has 1 amide bonds. The number of aliphatic hydroxyl groups is 1. The van der Waals surface area contributed by atoms with Gasteiger partial charge >= 0.3 is 6.09 Å². The van der Waals surface area contributed by atoms with Crippen LogP contribution in [0.5, 0.6) is 0 Å². The molecule has 2 heterocycles. The topological polar surface area (TPSA) is 85.3 Å². The van der Waals surface area contributed by atoms with Crippen molar-refractivity contribution in [2.75, 3.05) is 24.6 Å². The van der Waals surface area contributed by atoms with Crippen molar-refractivity contribution in [2.45, 2.75) is 81.8 Å². The van der Waals surface area contributed by atoms with Crippen molar-refractivity contribution < 1.29 is 28.5 Å². The number of nitrogens with one attached hydrogen (secondary N) is 1. The molecular weight excluding hydrogens is 492 g/mol. The largest absolute Gasteiger partial charge is 0.465 e. The van der Waals surface area contributed by atoms with E-state index in [1.54, 1.807) is 20.8 Å². The number of carboxylic acid groups (broad SMARTS) is 1. The lowest BCUT2D eigenvalue weighted by Crippen LogP contribution is -2.58. The van der Waals surface area contributed by atoms with Gasteiger partial charge < -0.3 is 25.2 Å². The highest BCUT2D eigenvalue weighted by molar-refractivity contribution is 5.66. The van der Waals surface area contributed by atoms with Crippen molar-refractivity contribution >= 4 is 11.8 Å². The fourth-order valence-corrected chi connectivity index (χ4v) is 6.12. The summed E-state index contributed by atoms with van der Waals surface area (Å²) in [6.45, 7) is 7.01. The predicted octanol–water partition coefficient (Wildman–Crippen LogP) is 4.27. The highest BCUT2D eigenvalue weighted by Crippen LogP contribution is 2.47. The monoisotopic (exact) mass is 529 g/mol. The van der Waals surface area contributed by atoms with E-state index in [1.165, 1.54) is 22.7 Å². The van der Waals surface area contributed by atoms with Crippen LogP contribution >= 0.6 is 0 Å². The zero-order valence-electron chi connectivity index (χ0n) is 22.2. The molecule has 7 nitrogen and oxygen atoms in total. The molecule has 4 unspecified atom stereocenters. The Hall–Kier alpha value is -2.75. The molecule has 2 aromatic rings. The van der Waals surface area contributed by atoms with Crippen LogP contribution in [0, 0.1) is 11.6 Å². The van der Waals surface area contributed by atoms with Crippen molar-refractivity contribution in [3.8, 4) is 0 Å². The fraction of sp³-hybridized carbons (Fsp3) is 0.552. The summed E-state index contributed by atoms with van der Waals surface area (Å²) in [6.07, 6.45) is 0.836. The first-order valence-electron chi connectivity index (χ1n) is 13.3. The second-order valence-corrected chi connectivity index (χ2v) is 12.0. The summed E-state index contributed by atoms with van der Waals surface area (Å²) >= 11 is 0. The molecule has 2 saturated heterocycles. The first-order chi connectivity index (χ1) is 17.9. The molecule has 2 aromatic carbocycles. The van der Waals surface area contributed by atoms with Crippen LogP contribution in [0.15, 0.2) is 42.5 Å². The van der Waals surface area contributed by atoms with Crippen LogP contribution in [-0.2, 0) is 16.7 Å². The van der Waals surface area contributed by atoms with E-state index in [4.69, 9.17) is 4.74 Å². The zero-order chi connectivity index (χ0) is 27.2. The number of benzene rings is 2. The van der Waals surface area contributed by atoms with Crippen LogP contribution in [0.1, 0.15) is 51.2 Å². The Morgan fingerprint density at radius 1 is 1.21 bits per heavy atom. The minimum Gasteiger partial charge on any atom is -0.465 e. The van der Waals surface area contributed by atoms with Crippen LogP contribution in [0.4, 0.5) is 19.3 Å². The van der Waals surface area contributed by atoms with E-state index in [0.29, 0.717) is 17.7 Å². The van der Waals surface area contributed by atoms with Crippen LogP contribution < -0.4 is 10.2 Å². The van der Waals surface area contributed by atoms with Gasteiger partial charge in [-0.05, 0) is 81.8 Å². The summed E-state index contributed by atoms with van der Waals surface area (Å²) in [5, 5.41) is 24.9. The Morgan fingerprint density at radius 3 is 2.47 bits per heavy atom. The van der Waals surface area contributed by atoms with Crippen molar-refractivity contribution in [2.24, 2.45) is 0 Å². The van der Waals surface area contributed by atoms with Crippen molar-refractivity contribution in [1.82, 2.24) is 10.2 Å². The van der Waals surface area contributed by atoms with E-state index < -0.39 is 35.4 Å². The number of hydrogen-bond acceptors (Lipinski definition) is 5. The average molecular weight is 530 g/mol. The minimum absolute atomic E-state index is 0.0246. The molecule has 5 rings (SSSR count). The Kier molecular flexibility index (Phi) is 7.13. The van der Waals surface area contributed by atoms with E-state index in [2.05, 4.69) is 34.5 Å². The van der Waals surface area contributed by atoms with Gasteiger partial charge in [-0.1, -0.05) is 12.1 Å². The third kappa shape index (κ3) is 5.51. The van der Waals surface area contributed by atoms with Crippen molar-refractivity contribution in [3.05, 3.63) is 65.2 Å². The SMILES string of the molecule is CC(C)(C)N(C(=O)O)C(Cc1cc(F)cc(F)c1)C(O)CNC1(c2cccc(N3CC4CC3CO4)c2)CC1. The molecule has 9 heteroatoms. The highest BCUT2D eigenvalue weighted by atomic mass is 19.1. The third-order valence-corrected chi connectivity index (χ3v) is 8.10. The molecule has 38 heavy (non-hydrogen) atoms. The number of anilines is 1.